The Bertz CT molecular complexity index is 372. The van der Waals surface area contributed by atoms with Crippen molar-refractivity contribution in [2.75, 3.05) is 0 Å². The van der Waals surface area contributed by atoms with Gasteiger partial charge in [-0.1, -0.05) is 18.6 Å². The molecule has 0 saturated heterocycles. The Labute approximate surface area is 94.4 Å². The maximum atomic E-state index is 10.8. The first kappa shape index (κ1) is 10.9. The smallest absolute Gasteiger partial charge is 0.310 e. The summed E-state index contributed by atoms with van der Waals surface area (Å²) in [5.74, 6) is 0.402. The van der Waals surface area contributed by atoms with E-state index in [0.29, 0.717) is 5.75 Å². The average molecular weight is 221 g/mol. The Morgan fingerprint density at radius 2 is 1.88 bits per heavy atom. The lowest BCUT2D eigenvalue weighted by Crippen LogP contribution is -2.20. The van der Waals surface area contributed by atoms with Crippen LogP contribution in [-0.4, -0.2) is 11.0 Å². The van der Waals surface area contributed by atoms with Gasteiger partial charge in [0, 0.05) is 6.07 Å². The Hall–Kier alpha value is -1.58. The second-order valence-electron chi connectivity index (χ2n) is 4.10. The molecule has 0 aliphatic heterocycles. The van der Waals surface area contributed by atoms with Crippen LogP contribution in [-0.2, 0) is 0 Å². The summed E-state index contributed by atoms with van der Waals surface area (Å²) in [5, 5.41) is 10.8. The van der Waals surface area contributed by atoms with Gasteiger partial charge in [-0.3, -0.25) is 10.1 Å². The average Bonchev–Trinajstić information content (AvgIpc) is 2.31. The van der Waals surface area contributed by atoms with Gasteiger partial charge in [-0.05, 0) is 31.7 Å². The molecule has 1 aliphatic carbocycles. The van der Waals surface area contributed by atoms with Crippen LogP contribution < -0.4 is 4.74 Å². The lowest BCUT2D eigenvalue weighted by Gasteiger charge is -2.22. The van der Waals surface area contributed by atoms with Crippen LogP contribution in [0.4, 0.5) is 5.69 Å². The van der Waals surface area contributed by atoms with Crippen LogP contribution in [0, 0.1) is 10.1 Å². The molecule has 0 N–H and O–H groups in total. The summed E-state index contributed by atoms with van der Waals surface area (Å²) < 4.78 is 5.71. The number of nitro groups is 1. The molecule has 0 atom stereocenters. The SMILES string of the molecule is O=[N+]([O-])c1ccccc1OC1CCCCC1. The van der Waals surface area contributed by atoms with E-state index in [-0.39, 0.29) is 11.8 Å². The van der Waals surface area contributed by atoms with E-state index in [4.69, 9.17) is 4.74 Å². The van der Waals surface area contributed by atoms with Crippen LogP contribution in [0.3, 0.4) is 0 Å². The largest absolute Gasteiger partial charge is 0.484 e. The Morgan fingerprint density at radius 3 is 2.56 bits per heavy atom. The van der Waals surface area contributed by atoms with Gasteiger partial charge in [0.15, 0.2) is 5.75 Å². The molecule has 0 heterocycles. The minimum absolute atomic E-state index is 0.0630. The topological polar surface area (TPSA) is 52.4 Å². The van der Waals surface area contributed by atoms with Gasteiger partial charge in [0.1, 0.15) is 0 Å². The summed E-state index contributed by atoms with van der Waals surface area (Å²) in [6, 6.07) is 6.59. The summed E-state index contributed by atoms with van der Waals surface area (Å²) in [6.07, 6.45) is 5.72. The van der Waals surface area contributed by atoms with E-state index in [1.54, 1.807) is 18.2 Å². The van der Waals surface area contributed by atoms with Crippen LogP contribution in [0.1, 0.15) is 32.1 Å². The lowest BCUT2D eigenvalue weighted by molar-refractivity contribution is -0.386. The molecule has 0 spiro atoms. The quantitative estimate of drug-likeness (QED) is 0.581. The third-order valence-electron chi connectivity index (χ3n) is 2.91. The second kappa shape index (κ2) is 4.96. The standard InChI is InChI=1S/C12H15NO3/c14-13(15)11-8-4-5-9-12(11)16-10-6-2-1-3-7-10/h4-5,8-10H,1-3,6-7H2. The van der Waals surface area contributed by atoms with Crippen molar-refractivity contribution in [1.29, 1.82) is 0 Å². The van der Waals surface area contributed by atoms with E-state index in [1.807, 2.05) is 0 Å². The predicted octanol–water partition coefficient (Wildman–Crippen LogP) is 3.31. The van der Waals surface area contributed by atoms with Gasteiger partial charge >= 0.3 is 5.69 Å². The number of ether oxygens (including phenoxy) is 1. The first-order chi connectivity index (χ1) is 7.77. The summed E-state index contributed by atoms with van der Waals surface area (Å²) in [6.45, 7) is 0. The number of benzene rings is 1. The number of para-hydroxylation sites is 2. The molecule has 1 aliphatic rings. The Balaban J connectivity index is 2.10. The number of nitrogens with zero attached hydrogens (tertiary/aromatic N) is 1. The molecule has 0 bridgehead atoms. The fourth-order valence-electron chi connectivity index (χ4n) is 2.07. The van der Waals surface area contributed by atoms with Gasteiger partial charge in [-0.25, -0.2) is 0 Å². The molecule has 16 heavy (non-hydrogen) atoms. The van der Waals surface area contributed by atoms with Gasteiger partial charge in [0.25, 0.3) is 0 Å². The molecule has 1 saturated carbocycles. The summed E-state index contributed by atoms with van der Waals surface area (Å²) >= 11 is 0. The second-order valence-corrected chi connectivity index (χ2v) is 4.10. The minimum Gasteiger partial charge on any atom is -0.484 e. The molecule has 1 aromatic rings. The van der Waals surface area contributed by atoms with Gasteiger partial charge in [-0.2, -0.15) is 0 Å². The molecular formula is C12H15NO3. The van der Waals surface area contributed by atoms with E-state index in [1.165, 1.54) is 12.5 Å². The van der Waals surface area contributed by atoms with E-state index in [2.05, 4.69) is 0 Å². The highest BCUT2D eigenvalue weighted by Gasteiger charge is 2.20. The lowest BCUT2D eigenvalue weighted by atomic mass is 9.98. The van der Waals surface area contributed by atoms with Gasteiger partial charge < -0.3 is 4.74 Å². The van der Waals surface area contributed by atoms with Crippen molar-refractivity contribution in [2.45, 2.75) is 38.2 Å². The van der Waals surface area contributed by atoms with E-state index in [9.17, 15) is 10.1 Å². The van der Waals surface area contributed by atoms with Crippen molar-refractivity contribution in [3.8, 4) is 5.75 Å². The molecule has 1 fully saturated rings. The summed E-state index contributed by atoms with van der Waals surface area (Å²) in [7, 11) is 0. The minimum atomic E-state index is -0.391. The first-order valence-electron chi connectivity index (χ1n) is 5.67. The highest BCUT2D eigenvalue weighted by Crippen LogP contribution is 2.30. The van der Waals surface area contributed by atoms with E-state index < -0.39 is 4.92 Å². The van der Waals surface area contributed by atoms with Crippen molar-refractivity contribution in [1.82, 2.24) is 0 Å². The number of hydrogen-bond donors (Lipinski definition) is 0. The maximum absolute atomic E-state index is 10.8. The third-order valence-corrected chi connectivity index (χ3v) is 2.91. The number of nitro benzene ring substituents is 1. The van der Waals surface area contributed by atoms with Crippen molar-refractivity contribution >= 4 is 5.69 Å². The normalized spacial score (nSPS) is 17.0. The molecule has 4 heteroatoms. The molecule has 2 rings (SSSR count). The molecule has 4 nitrogen and oxygen atoms in total. The molecule has 0 unspecified atom stereocenters. The molecule has 0 radical (unpaired) electrons. The van der Waals surface area contributed by atoms with Gasteiger partial charge in [0.2, 0.25) is 0 Å². The van der Waals surface area contributed by atoms with Gasteiger partial charge in [0.05, 0.1) is 11.0 Å². The summed E-state index contributed by atoms with van der Waals surface area (Å²) in [4.78, 5) is 10.4. The van der Waals surface area contributed by atoms with Crippen LogP contribution in [0.5, 0.6) is 5.75 Å². The van der Waals surface area contributed by atoms with Crippen molar-refractivity contribution in [2.24, 2.45) is 0 Å². The van der Waals surface area contributed by atoms with Gasteiger partial charge in [-0.15, -0.1) is 0 Å². The van der Waals surface area contributed by atoms with Crippen LogP contribution >= 0.6 is 0 Å². The molecular weight excluding hydrogens is 206 g/mol. The highest BCUT2D eigenvalue weighted by molar-refractivity contribution is 5.45. The Kier molecular flexibility index (Phi) is 3.39. The molecule has 0 amide bonds. The zero-order valence-corrected chi connectivity index (χ0v) is 9.09. The number of hydrogen-bond acceptors (Lipinski definition) is 3. The summed E-state index contributed by atoms with van der Waals surface area (Å²) in [5.41, 5.74) is 0.0630. The van der Waals surface area contributed by atoms with E-state index in [0.717, 1.165) is 25.7 Å². The maximum Gasteiger partial charge on any atom is 0.310 e. The number of rotatable bonds is 3. The van der Waals surface area contributed by atoms with Crippen LogP contribution in [0.15, 0.2) is 24.3 Å². The zero-order valence-electron chi connectivity index (χ0n) is 9.09. The third kappa shape index (κ3) is 2.51. The first-order valence-corrected chi connectivity index (χ1v) is 5.67. The van der Waals surface area contributed by atoms with Crippen LogP contribution in [0.25, 0.3) is 0 Å². The van der Waals surface area contributed by atoms with Crippen molar-refractivity contribution in [3.05, 3.63) is 34.4 Å². The van der Waals surface area contributed by atoms with Crippen LogP contribution in [0.2, 0.25) is 0 Å². The molecule has 1 aromatic carbocycles. The highest BCUT2D eigenvalue weighted by atomic mass is 16.6. The molecule has 0 aromatic heterocycles. The molecule has 86 valence electrons. The fourth-order valence-corrected chi connectivity index (χ4v) is 2.07. The predicted molar refractivity (Wildman–Crippen MR) is 60.6 cm³/mol. The van der Waals surface area contributed by atoms with Crippen molar-refractivity contribution < 1.29 is 9.66 Å². The zero-order chi connectivity index (χ0) is 11.4. The van der Waals surface area contributed by atoms with Crippen molar-refractivity contribution in [3.63, 3.8) is 0 Å². The Morgan fingerprint density at radius 1 is 1.19 bits per heavy atom. The fraction of sp³-hybridized carbons (Fsp3) is 0.500. The monoisotopic (exact) mass is 221 g/mol. The van der Waals surface area contributed by atoms with E-state index >= 15 is 0 Å².